The van der Waals surface area contributed by atoms with E-state index in [2.05, 4.69) is 5.32 Å². The molecule has 1 N–H and O–H groups in total. The maximum Gasteiger partial charge on any atom is 0.252 e. The summed E-state index contributed by atoms with van der Waals surface area (Å²) >= 11 is 1.22. The topological polar surface area (TPSA) is 75.7 Å². The lowest BCUT2D eigenvalue weighted by molar-refractivity contribution is -0.120. The van der Waals surface area contributed by atoms with Crippen molar-refractivity contribution >= 4 is 27.3 Å². The molecule has 3 rings (SSSR count). The molecule has 0 atom stereocenters. The summed E-state index contributed by atoms with van der Waals surface area (Å²) in [6.07, 6.45) is 2.08. The van der Waals surface area contributed by atoms with E-state index < -0.39 is 10.0 Å². The van der Waals surface area contributed by atoms with Gasteiger partial charge < -0.3 is 10.1 Å². The Morgan fingerprint density at radius 1 is 1.23 bits per heavy atom. The summed E-state index contributed by atoms with van der Waals surface area (Å²) in [4.78, 5) is 12.9. The second kappa shape index (κ2) is 8.20. The molecule has 140 valence electrons. The average molecular weight is 395 g/mol. The number of hydrogen-bond donors (Lipinski definition) is 1. The van der Waals surface area contributed by atoms with E-state index >= 15 is 0 Å². The third kappa shape index (κ3) is 4.44. The number of nitrogens with one attached hydrogen (secondary N) is 1. The maximum absolute atomic E-state index is 12.5. The molecule has 1 aromatic carbocycles. The molecule has 1 saturated heterocycles. The minimum atomic E-state index is -3.39. The molecule has 0 saturated carbocycles. The van der Waals surface area contributed by atoms with Gasteiger partial charge >= 0.3 is 0 Å². The van der Waals surface area contributed by atoms with Gasteiger partial charge in [-0.1, -0.05) is 12.1 Å². The molecular weight excluding hydrogens is 372 g/mol. The van der Waals surface area contributed by atoms with Crippen molar-refractivity contribution in [2.24, 2.45) is 0 Å². The van der Waals surface area contributed by atoms with Crippen LogP contribution < -0.4 is 10.1 Å². The molecule has 2 heterocycles. The molecule has 0 spiro atoms. The van der Waals surface area contributed by atoms with Crippen molar-refractivity contribution < 1.29 is 17.9 Å². The second-order valence-corrected chi connectivity index (χ2v) is 9.47. The average Bonchev–Trinajstić information content (AvgIpc) is 3.32. The normalized spacial score (nSPS) is 15.1. The van der Waals surface area contributed by atoms with Crippen molar-refractivity contribution in [1.82, 2.24) is 9.62 Å². The minimum absolute atomic E-state index is 0.115. The lowest BCUT2D eigenvalue weighted by Crippen LogP contribution is -2.27. The quantitative estimate of drug-likeness (QED) is 0.782. The van der Waals surface area contributed by atoms with Crippen LogP contribution in [0, 0.1) is 0 Å². The largest absolute Gasteiger partial charge is 0.497 e. The van der Waals surface area contributed by atoms with Gasteiger partial charge in [0.2, 0.25) is 5.91 Å². The Kier molecular flexibility index (Phi) is 5.95. The molecule has 1 aromatic heterocycles. The second-order valence-electron chi connectivity index (χ2n) is 6.14. The van der Waals surface area contributed by atoms with E-state index in [9.17, 15) is 13.2 Å². The van der Waals surface area contributed by atoms with Crippen LogP contribution in [0.25, 0.3) is 0 Å². The van der Waals surface area contributed by atoms with Gasteiger partial charge in [0.1, 0.15) is 9.96 Å². The number of hydrogen-bond acceptors (Lipinski definition) is 5. The van der Waals surface area contributed by atoms with Crippen molar-refractivity contribution in [1.29, 1.82) is 0 Å². The van der Waals surface area contributed by atoms with Crippen molar-refractivity contribution in [3.8, 4) is 5.75 Å². The van der Waals surface area contributed by atoms with E-state index in [1.54, 1.807) is 19.2 Å². The predicted molar refractivity (Wildman–Crippen MR) is 101 cm³/mol. The van der Waals surface area contributed by atoms with Crippen LogP contribution in [-0.4, -0.2) is 38.8 Å². The van der Waals surface area contributed by atoms with Crippen LogP contribution in [0.4, 0.5) is 0 Å². The monoisotopic (exact) mass is 394 g/mol. The zero-order valence-electron chi connectivity index (χ0n) is 14.6. The Labute approximate surface area is 157 Å². The SMILES string of the molecule is COc1cccc(CC(=O)NCc2ccc(S(=O)(=O)N3CCCC3)s2)c1. The molecule has 0 radical (unpaired) electrons. The standard InChI is InChI=1S/C18H22N2O4S2/c1-24-15-6-4-5-14(11-15)12-17(21)19-13-16-7-8-18(25-16)26(22,23)20-9-2-3-10-20/h4-8,11H,2-3,9-10,12-13H2,1H3,(H,19,21). The molecule has 8 heteroatoms. The number of sulfonamides is 1. The van der Waals surface area contributed by atoms with Crippen molar-refractivity contribution in [2.75, 3.05) is 20.2 Å². The molecular formula is C18H22N2O4S2. The van der Waals surface area contributed by atoms with Gasteiger partial charge in [-0.2, -0.15) is 4.31 Å². The van der Waals surface area contributed by atoms with Gasteiger partial charge in [-0.05, 0) is 42.7 Å². The summed E-state index contributed by atoms with van der Waals surface area (Å²) < 4.78 is 32.1. The van der Waals surface area contributed by atoms with Crippen molar-refractivity contribution in [3.05, 3.63) is 46.8 Å². The predicted octanol–water partition coefficient (Wildman–Crippen LogP) is 2.40. The number of methoxy groups -OCH3 is 1. The molecule has 1 aliphatic heterocycles. The molecule has 0 bridgehead atoms. The summed E-state index contributed by atoms with van der Waals surface area (Å²) in [5.41, 5.74) is 0.866. The van der Waals surface area contributed by atoms with Crippen LogP contribution in [0.1, 0.15) is 23.3 Å². The Morgan fingerprint density at radius 3 is 2.73 bits per heavy atom. The van der Waals surface area contributed by atoms with E-state index in [-0.39, 0.29) is 12.3 Å². The van der Waals surface area contributed by atoms with Crippen LogP contribution in [-0.2, 0) is 27.8 Å². The smallest absolute Gasteiger partial charge is 0.252 e. The van der Waals surface area contributed by atoms with E-state index in [0.29, 0.717) is 29.6 Å². The highest BCUT2D eigenvalue weighted by molar-refractivity contribution is 7.91. The number of carbonyl (C=O) groups excluding carboxylic acids is 1. The first-order chi connectivity index (χ1) is 12.5. The number of carbonyl (C=O) groups is 1. The summed E-state index contributed by atoms with van der Waals surface area (Å²) in [5, 5.41) is 2.84. The zero-order valence-corrected chi connectivity index (χ0v) is 16.2. The van der Waals surface area contributed by atoms with E-state index in [1.165, 1.54) is 15.6 Å². The van der Waals surface area contributed by atoms with Gasteiger partial charge in [0.05, 0.1) is 20.1 Å². The lowest BCUT2D eigenvalue weighted by Gasteiger charge is -2.13. The molecule has 6 nitrogen and oxygen atoms in total. The molecule has 0 aliphatic carbocycles. The fourth-order valence-corrected chi connectivity index (χ4v) is 5.83. The van der Waals surface area contributed by atoms with Gasteiger partial charge in [-0.25, -0.2) is 8.42 Å². The zero-order chi connectivity index (χ0) is 18.6. The molecule has 26 heavy (non-hydrogen) atoms. The summed E-state index contributed by atoms with van der Waals surface area (Å²) in [6.45, 7) is 1.50. The van der Waals surface area contributed by atoms with Gasteiger partial charge in [0.15, 0.2) is 0 Å². The highest BCUT2D eigenvalue weighted by Crippen LogP contribution is 2.27. The van der Waals surface area contributed by atoms with Gasteiger partial charge in [0, 0.05) is 18.0 Å². The Hall–Kier alpha value is -1.90. The van der Waals surface area contributed by atoms with Crippen LogP contribution in [0.3, 0.4) is 0 Å². The van der Waals surface area contributed by atoms with Crippen LogP contribution in [0.5, 0.6) is 5.75 Å². The first kappa shape index (κ1) is 18.9. The van der Waals surface area contributed by atoms with E-state index in [4.69, 9.17) is 4.74 Å². The number of ether oxygens (including phenoxy) is 1. The molecule has 1 amide bonds. The van der Waals surface area contributed by atoms with Gasteiger partial charge in [-0.3, -0.25) is 4.79 Å². The summed E-state index contributed by atoms with van der Waals surface area (Å²) in [5.74, 6) is 0.598. The van der Waals surface area contributed by atoms with E-state index in [0.717, 1.165) is 23.3 Å². The number of thiophene rings is 1. The number of benzene rings is 1. The molecule has 2 aromatic rings. The third-order valence-electron chi connectivity index (χ3n) is 4.25. The van der Waals surface area contributed by atoms with Crippen molar-refractivity contribution in [3.63, 3.8) is 0 Å². The Balaban J connectivity index is 1.56. The number of amides is 1. The fourth-order valence-electron chi connectivity index (χ4n) is 2.86. The summed E-state index contributed by atoms with van der Waals surface area (Å²) in [7, 11) is -1.80. The first-order valence-corrected chi connectivity index (χ1v) is 10.7. The first-order valence-electron chi connectivity index (χ1n) is 8.47. The molecule has 1 fully saturated rings. The maximum atomic E-state index is 12.5. The lowest BCUT2D eigenvalue weighted by atomic mass is 10.1. The number of nitrogens with zero attached hydrogens (tertiary/aromatic N) is 1. The Morgan fingerprint density at radius 2 is 2.00 bits per heavy atom. The van der Waals surface area contributed by atoms with Crippen molar-refractivity contribution in [2.45, 2.75) is 30.0 Å². The van der Waals surface area contributed by atoms with Gasteiger partial charge in [0.25, 0.3) is 10.0 Å². The van der Waals surface area contributed by atoms with Crippen LogP contribution in [0.15, 0.2) is 40.6 Å². The third-order valence-corrected chi connectivity index (χ3v) is 7.71. The number of rotatable bonds is 7. The van der Waals surface area contributed by atoms with Gasteiger partial charge in [-0.15, -0.1) is 11.3 Å². The van der Waals surface area contributed by atoms with E-state index in [1.807, 2.05) is 24.3 Å². The molecule has 0 unspecified atom stereocenters. The Bertz CT molecular complexity index is 871. The van der Waals surface area contributed by atoms with Crippen LogP contribution in [0.2, 0.25) is 0 Å². The minimum Gasteiger partial charge on any atom is -0.497 e. The highest BCUT2D eigenvalue weighted by Gasteiger charge is 2.28. The summed E-state index contributed by atoms with van der Waals surface area (Å²) in [6, 6.07) is 10.8. The van der Waals surface area contributed by atoms with Crippen LogP contribution >= 0.6 is 11.3 Å². The fraction of sp³-hybridized carbons (Fsp3) is 0.389. The molecule has 1 aliphatic rings. The highest BCUT2D eigenvalue weighted by atomic mass is 32.2.